The van der Waals surface area contributed by atoms with Crippen LogP contribution in [-0.4, -0.2) is 11.8 Å². The van der Waals surface area contributed by atoms with Crippen LogP contribution in [0.25, 0.3) is 17.0 Å². The number of nitrogens with two attached hydrogens (primary N) is 1. The van der Waals surface area contributed by atoms with Gasteiger partial charge in [-0.3, -0.25) is 9.59 Å². The molecule has 0 aliphatic carbocycles. The van der Waals surface area contributed by atoms with E-state index < -0.39 is 17.9 Å². The number of fused-ring (bicyclic) bond motifs is 1. The lowest BCUT2D eigenvalue weighted by Crippen LogP contribution is -2.36. The molecule has 1 atom stereocenters. The van der Waals surface area contributed by atoms with E-state index in [0.717, 1.165) is 22.3 Å². The molecular weight excluding hydrogens is 328 g/mol. The molecule has 1 aromatic heterocycles. The Labute approximate surface area is 151 Å². The number of carbonyl (C=O) groups excluding carboxylic acids is 2. The van der Waals surface area contributed by atoms with Gasteiger partial charge in [-0.2, -0.15) is 0 Å². The molecular formula is C21H20N2O3. The zero-order valence-electron chi connectivity index (χ0n) is 14.4. The average molecular weight is 348 g/mol. The van der Waals surface area contributed by atoms with Crippen molar-refractivity contribution in [2.24, 2.45) is 5.73 Å². The maximum absolute atomic E-state index is 12.3. The van der Waals surface area contributed by atoms with Crippen LogP contribution in [0.15, 0.2) is 65.1 Å². The fourth-order valence-electron chi connectivity index (χ4n) is 2.88. The molecule has 5 heteroatoms. The third kappa shape index (κ3) is 3.67. The maximum Gasteiger partial charge on any atom is 0.244 e. The molecule has 0 saturated carbocycles. The Hall–Kier alpha value is -3.34. The minimum atomic E-state index is -0.875. The van der Waals surface area contributed by atoms with Gasteiger partial charge in [0.1, 0.15) is 17.4 Å². The summed E-state index contributed by atoms with van der Waals surface area (Å²) < 4.78 is 5.81. The Kier molecular flexibility index (Phi) is 5.17. The van der Waals surface area contributed by atoms with Crippen molar-refractivity contribution in [1.82, 2.24) is 5.32 Å². The van der Waals surface area contributed by atoms with Crippen molar-refractivity contribution in [3.63, 3.8) is 0 Å². The largest absolute Gasteiger partial charge is 0.460 e. The van der Waals surface area contributed by atoms with Crippen LogP contribution in [0.1, 0.15) is 29.9 Å². The van der Waals surface area contributed by atoms with Gasteiger partial charge >= 0.3 is 0 Å². The first kappa shape index (κ1) is 17.5. The van der Waals surface area contributed by atoms with E-state index in [2.05, 4.69) is 5.32 Å². The number of primary amides is 1. The topological polar surface area (TPSA) is 85.3 Å². The minimum Gasteiger partial charge on any atom is -0.460 e. The number of aryl methyl sites for hydroxylation is 1. The molecule has 0 bridgehead atoms. The van der Waals surface area contributed by atoms with Gasteiger partial charge in [0.25, 0.3) is 0 Å². The molecule has 3 N–H and O–H groups in total. The zero-order chi connectivity index (χ0) is 18.5. The van der Waals surface area contributed by atoms with E-state index in [1.165, 1.54) is 6.08 Å². The Balaban J connectivity index is 1.82. The molecule has 0 aliphatic heterocycles. The van der Waals surface area contributed by atoms with E-state index in [9.17, 15) is 9.59 Å². The second kappa shape index (κ2) is 7.70. The molecule has 0 aliphatic rings. The van der Waals surface area contributed by atoms with Crippen LogP contribution in [-0.2, 0) is 16.0 Å². The quantitative estimate of drug-likeness (QED) is 0.670. The predicted octanol–water partition coefficient (Wildman–Crippen LogP) is 3.35. The lowest BCUT2D eigenvalue weighted by atomic mass is 10.1. The number of amides is 2. The van der Waals surface area contributed by atoms with Crippen LogP contribution in [0, 0.1) is 0 Å². The van der Waals surface area contributed by atoms with Crippen LogP contribution in [0.5, 0.6) is 0 Å². The van der Waals surface area contributed by atoms with Crippen LogP contribution >= 0.6 is 0 Å². The number of hydrogen-bond acceptors (Lipinski definition) is 3. The molecule has 0 fully saturated rings. The minimum absolute atomic E-state index is 0.398. The molecule has 0 radical (unpaired) electrons. The number of para-hydroxylation sites is 1. The maximum atomic E-state index is 12.3. The molecule has 1 heterocycles. The molecule has 1 unspecified atom stereocenters. The molecule has 0 saturated heterocycles. The second-order valence-corrected chi connectivity index (χ2v) is 5.88. The van der Waals surface area contributed by atoms with E-state index in [4.69, 9.17) is 10.2 Å². The third-order valence-corrected chi connectivity index (χ3v) is 4.14. The van der Waals surface area contributed by atoms with E-state index in [1.807, 2.05) is 37.3 Å². The number of nitrogens with one attached hydrogen (secondary N) is 1. The number of furan rings is 1. The van der Waals surface area contributed by atoms with E-state index in [1.54, 1.807) is 30.3 Å². The van der Waals surface area contributed by atoms with Gasteiger partial charge in [-0.05, 0) is 17.7 Å². The first-order valence-corrected chi connectivity index (χ1v) is 8.43. The van der Waals surface area contributed by atoms with Crippen LogP contribution in [0.3, 0.4) is 0 Å². The van der Waals surface area contributed by atoms with Gasteiger partial charge in [-0.25, -0.2) is 0 Å². The summed E-state index contributed by atoms with van der Waals surface area (Å²) in [6, 6.07) is 15.7. The molecule has 2 amide bonds. The van der Waals surface area contributed by atoms with Crippen LogP contribution in [0.2, 0.25) is 0 Å². The summed E-state index contributed by atoms with van der Waals surface area (Å²) in [6.07, 6.45) is 3.82. The summed E-state index contributed by atoms with van der Waals surface area (Å²) in [5, 5.41) is 3.60. The Morgan fingerprint density at radius 2 is 1.81 bits per heavy atom. The highest BCUT2D eigenvalue weighted by atomic mass is 16.3. The number of carbonyl (C=O) groups is 2. The molecule has 5 nitrogen and oxygen atoms in total. The highest BCUT2D eigenvalue weighted by molar-refractivity contribution is 5.98. The lowest BCUT2D eigenvalue weighted by Gasteiger charge is -2.14. The SMILES string of the molecule is CCc1oc2ccccc2c1/C=C/C(=O)NC(C(N)=O)c1ccccc1. The predicted molar refractivity (Wildman–Crippen MR) is 101 cm³/mol. The standard InChI is InChI=1S/C21H20N2O3/c1-2-17-16(15-10-6-7-11-18(15)26-17)12-13-19(24)23-20(21(22)25)14-8-4-3-5-9-14/h3-13,20H,2H2,1H3,(H2,22,25)(H,23,24)/b13-12+. The Bertz CT molecular complexity index is 958. The smallest absolute Gasteiger partial charge is 0.244 e. The van der Waals surface area contributed by atoms with Gasteiger partial charge in [-0.15, -0.1) is 0 Å². The van der Waals surface area contributed by atoms with Crippen molar-refractivity contribution in [2.45, 2.75) is 19.4 Å². The van der Waals surface area contributed by atoms with Gasteiger partial charge in [0.15, 0.2) is 0 Å². The highest BCUT2D eigenvalue weighted by Gasteiger charge is 2.19. The Morgan fingerprint density at radius 3 is 2.50 bits per heavy atom. The molecule has 0 spiro atoms. The van der Waals surface area contributed by atoms with Crippen molar-refractivity contribution in [3.05, 3.63) is 77.6 Å². The monoisotopic (exact) mass is 348 g/mol. The van der Waals surface area contributed by atoms with Crippen molar-refractivity contribution in [2.75, 3.05) is 0 Å². The van der Waals surface area contributed by atoms with E-state index in [0.29, 0.717) is 12.0 Å². The summed E-state index contributed by atoms with van der Waals surface area (Å²) in [7, 11) is 0. The lowest BCUT2D eigenvalue weighted by molar-refractivity contribution is -0.125. The molecule has 2 aromatic carbocycles. The normalized spacial score (nSPS) is 12.3. The van der Waals surface area contributed by atoms with Gasteiger partial charge in [0.2, 0.25) is 11.8 Å². The van der Waals surface area contributed by atoms with Crippen LogP contribution < -0.4 is 11.1 Å². The number of hydrogen-bond donors (Lipinski definition) is 2. The van der Waals surface area contributed by atoms with Gasteiger partial charge in [-0.1, -0.05) is 55.5 Å². The van der Waals surface area contributed by atoms with Crippen LogP contribution in [0.4, 0.5) is 0 Å². The fourth-order valence-corrected chi connectivity index (χ4v) is 2.88. The first-order valence-electron chi connectivity index (χ1n) is 8.43. The fraction of sp³-hybridized carbons (Fsp3) is 0.143. The van der Waals surface area contributed by atoms with E-state index >= 15 is 0 Å². The number of rotatable bonds is 6. The van der Waals surface area contributed by atoms with Crippen molar-refractivity contribution >= 4 is 28.9 Å². The summed E-state index contributed by atoms with van der Waals surface area (Å²) in [4.78, 5) is 24.0. The second-order valence-electron chi connectivity index (χ2n) is 5.88. The van der Waals surface area contributed by atoms with Gasteiger partial charge in [0, 0.05) is 23.4 Å². The Morgan fingerprint density at radius 1 is 1.12 bits per heavy atom. The molecule has 132 valence electrons. The molecule has 3 aromatic rings. The summed E-state index contributed by atoms with van der Waals surface area (Å²) in [5.74, 6) is -0.198. The highest BCUT2D eigenvalue weighted by Crippen LogP contribution is 2.27. The van der Waals surface area contributed by atoms with Crippen molar-refractivity contribution in [1.29, 1.82) is 0 Å². The van der Waals surface area contributed by atoms with E-state index in [-0.39, 0.29) is 0 Å². The molecule has 26 heavy (non-hydrogen) atoms. The third-order valence-electron chi connectivity index (χ3n) is 4.14. The first-order chi connectivity index (χ1) is 12.6. The summed E-state index contributed by atoms with van der Waals surface area (Å²) in [5.41, 5.74) is 7.73. The molecule has 3 rings (SSSR count). The summed E-state index contributed by atoms with van der Waals surface area (Å²) in [6.45, 7) is 1.99. The zero-order valence-corrected chi connectivity index (χ0v) is 14.4. The van der Waals surface area contributed by atoms with Crippen molar-refractivity contribution < 1.29 is 14.0 Å². The average Bonchev–Trinajstić information content (AvgIpc) is 3.02. The summed E-state index contributed by atoms with van der Waals surface area (Å²) >= 11 is 0. The van der Waals surface area contributed by atoms with Crippen molar-refractivity contribution in [3.8, 4) is 0 Å². The van der Waals surface area contributed by atoms with Gasteiger partial charge < -0.3 is 15.5 Å². The number of benzene rings is 2. The van der Waals surface area contributed by atoms with Gasteiger partial charge in [0.05, 0.1) is 0 Å².